The van der Waals surface area contributed by atoms with E-state index in [0.29, 0.717) is 12.5 Å². The van der Waals surface area contributed by atoms with Gasteiger partial charge in [0.05, 0.1) is 11.6 Å². The van der Waals surface area contributed by atoms with E-state index in [1.807, 2.05) is 12.3 Å². The lowest BCUT2D eigenvalue weighted by Gasteiger charge is -2.32. The van der Waals surface area contributed by atoms with Gasteiger partial charge in [0.25, 0.3) is 0 Å². The summed E-state index contributed by atoms with van der Waals surface area (Å²) in [6.45, 7) is 5.94. The average molecular weight is 418 g/mol. The van der Waals surface area contributed by atoms with Gasteiger partial charge in [0.15, 0.2) is 0 Å². The largest absolute Gasteiger partial charge is 0.478 e. The monoisotopic (exact) mass is 417 g/mol. The molecule has 0 saturated carbocycles. The lowest BCUT2D eigenvalue weighted by molar-refractivity contribution is 0.202. The van der Waals surface area contributed by atoms with Gasteiger partial charge in [-0.25, -0.2) is 9.37 Å². The van der Waals surface area contributed by atoms with Gasteiger partial charge < -0.3 is 14.5 Å². The van der Waals surface area contributed by atoms with Crippen molar-refractivity contribution in [2.24, 2.45) is 0 Å². The Morgan fingerprint density at radius 2 is 2.03 bits per heavy atom. The number of hydrogen-bond acceptors (Lipinski definition) is 4. The zero-order chi connectivity index (χ0) is 20.2. The van der Waals surface area contributed by atoms with Crippen LogP contribution in [0.15, 0.2) is 30.5 Å². The van der Waals surface area contributed by atoms with E-state index < -0.39 is 0 Å². The van der Waals surface area contributed by atoms with Gasteiger partial charge in [-0.3, -0.25) is 0 Å². The number of hydrogen-bond donors (Lipinski definition) is 0. The maximum absolute atomic E-state index is 13.6. The van der Waals surface area contributed by atoms with Gasteiger partial charge in [-0.05, 0) is 68.2 Å². The second kappa shape index (κ2) is 9.41. The molecule has 2 aliphatic rings. The fraction of sp³-hybridized carbons (Fsp3) is 0.522. The fourth-order valence-corrected chi connectivity index (χ4v) is 4.63. The first-order valence-corrected chi connectivity index (χ1v) is 11.0. The predicted octanol–water partition coefficient (Wildman–Crippen LogP) is 4.71. The number of piperidine rings is 1. The van der Waals surface area contributed by atoms with Crippen molar-refractivity contribution in [1.82, 2.24) is 14.8 Å². The Kier molecular flexibility index (Phi) is 6.68. The summed E-state index contributed by atoms with van der Waals surface area (Å²) in [5.74, 6) is 0.433. The van der Waals surface area contributed by atoms with Gasteiger partial charge in [0, 0.05) is 37.8 Å². The van der Waals surface area contributed by atoms with Crippen LogP contribution in [0.4, 0.5) is 4.39 Å². The summed E-state index contributed by atoms with van der Waals surface area (Å²) in [4.78, 5) is 9.35. The van der Waals surface area contributed by atoms with Crippen LogP contribution in [0.25, 0.3) is 0 Å². The number of ether oxygens (including phenoxy) is 1. The third-order valence-corrected chi connectivity index (χ3v) is 6.26. The van der Waals surface area contributed by atoms with E-state index in [9.17, 15) is 4.39 Å². The van der Waals surface area contributed by atoms with E-state index >= 15 is 0 Å². The normalized spacial score (nSPS) is 20.4. The number of nitrogens with zero attached hydrogens (tertiary/aromatic N) is 3. The molecule has 2 aliphatic heterocycles. The van der Waals surface area contributed by atoms with Gasteiger partial charge in [0.2, 0.25) is 5.88 Å². The van der Waals surface area contributed by atoms with E-state index in [0.717, 1.165) is 31.6 Å². The number of fused-ring (bicyclic) bond motifs is 1. The van der Waals surface area contributed by atoms with Gasteiger partial charge in [0.1, 0.15) is 5.82 Å². The topological polar surface area (TPSA) is 28.6 Å². The van der Waals surface area contributed by atoms with Crippen molar-refractivity contribution in [2.45, 2.75) is 38.1 Å². The molecule has 1 aromatic carbocycles. The number of benzene rings is 1. The van der Waals surface area contributed by atoms with Crippen molar-refractivity contribution in [3.63, 3.8) is 0 Å². The first-order chi connectivity index (χ1) is 14.1. The van der Waals surface area contributed by atoms with Crippen molar-refractivity contribution in [2.75, 3.05) is 39.8 Å². The smallest absolute Gasteiger partial charge is 0.213 e. The van der Waals surface area contributed by atoms with E-state index in [-0.39, 0.29) is 16.8 Å². The molecule has 0 amide bonds. The molecule has 1 aromatic heterocycles. The third-order valence-electron chi connectivity index (χ3n) is 5.97. The lowest BCUT2D eigenvalue weighted by atomic mass is 9.86. The van der Waals surface area contributed by atoms with Crippen LogP contribution in [0, 0.1) is 5.82 Å². The number of likely N-dealkylation sites (N-methyl/N-ethyl adjacent to an activating group) is 1. The summed E-state index contributed by atoms with van der Waals surface area (Å²) in [7, 11) is 2.10. The third kappa shape index (κ3) is 5.08. The summed E-state index contributed by atoms with van der Waals surface area (Å²) in [5.41, 5.74) is 3.40. The zero-order valence-corrected chi connectivity index (χ0v) is 17.8. The first kappa shape index (κ1) is 20.6. The number of aromatic nitrogens is 1. The first-order valence-electron chi connectivity index (χ1n) is 10.6. The van der Waals surface area contributed by atoms with Crippen molar-refractivity contribution in [3.05, 3.63) is 58.0 Å². The minimum Gasteiger partial charge on any atom is -0.478 e. The van der Waals surface area contributed by atoms with Crippen LogP contribution >= 0.6 is 11.6 Å². The van der Waals surface area contributed by atoms with Gasteiger partial charge in [-0.2, -0.15) is 0 Å². The standard InChI is InChI=1S/C23H29ClFN3O/c1-27-15-18-13-23(29-11-5-10-28-8-3-2-4-9-28)26-14-19(18)20(16-27)17-6-7-22(25)21(24)12-17/h6-7,12-14,20H,2-5,8-11,15-16H2,1H3. The number of likely N-dealkylation sites (tertiary alicyclic amines) is 1. The van der Waals surface area contributed by atoms with Crippen LogP contribution in [0.3, 0.4) is 0 Å². The number of rotatable bonds is 6. The summed E-state index contributed by atoms with van der Waals surface area (Å²) in [6.07, 6.45) is 6.95. The second-order valence-corrected chi connectivity index (χ2v) is 8.66. The average Bonchev–Trinajstić information content (AvgIpc) is 2.73. The lowest BCUT2D eigenvalue weighted by Crippen LogP contribution is -2.31. The van der Waals surface area contributed by atoms with Crippen molar-refractivity contribution < 1.29 is 9.13 Å². The maximum Gasteiger partial charge on any atom is 0.213 e. The Labute approximate surface area is 177 Å². The van der Waals surface area contributed by atoms with Gasteiger partial charge in [-0.15, -0.1) is 0 Å². The minimum absolute atomic E-state index is 0.127. The Balaban J connectivity index is 1.41. The highest BCUT2D eigenvalue weighted by Crippen LogP contribution is 2.35. The molecule has 6 heteroatoms. The molecule has 1 fully saturated rings. The Bertz CT molecular complexity index is 841. The van der Waals surface area contributed by atoms with E-state index in [1.54, 1.807) is 6.07 Å². The molecule has 0 N–H and O–H groups in total. The van der Waals surface area contributed by atoms with E-state index in [2.05, 4.69) is 27.9 Å². The molecule has 0 radical (unpaired) electrons. The van der Waals surface area contributed by atoms with Crippen molar-refractivity contribution in [1.29, 1.82) is 0 Å². The molecular weight excluding hydrogens is 389 g/mol. The van der Waals surface area contributed by atoms with Crippen LogP contribution in [0.5, 0.6) is 5.88 Å². The van der Waals surface area contributed by atoms with Gasteiger partial charge >= 0.3 is 0 Å². The molecule has 1 saturated heterocycles. The number of halogens is 2. The molecule has 2 aromatic rings. The van der Waals surface area contributed by atoms with Crippen LogP contribution in [0.1, 0.15) is 48.3 Å². The summed E-state index contributed by atoms with van der Waals surface area (Å²) < 4.78 is 19.5. The summed E-state index contributed by atoms with van der Waals surface area (Å²) in [5, 5.41) is 0.166. The van der Waals surface area contributed by atoms with Crippen LogP contribution in [0.2, 0.25) is 5.02 Å². The Morgan fingerprint density at radius 3 is 2.83 bits per heavy atom. The Hall–Kier alpha value is -1.69. The molecule has 3 heterocycles. The minimum atomic E-state index is -0.383. The molecule has 29 heavy (non-hydrogen) atoms. The molecule has 1 atom stereocenters. The fourth-order valence-electron chi connectivity index (χ4n) is 4.44. The molecular formula is C23H29ClFN3O. The predicted molar refractivity (Wildman–Crippen MR) is 114 cm³/mol. The molecule has 0 aliphatic carbocycles. The molecule has 4 nitrogen and oxygen atoms in total. The number of pyridine rings is 1. The van der Waals surface area contributed by atoms with Crippen LogP contribution in [-0.2, 0) is 6.54 Å². The maximum atomic E-state index is 13.6. The highest BCUT2D eigenvalue weighted by atomic mass is 35.5. The zero-order valence-electron chi connectivity index (χ0n) is 17.0. The molecule has 1 unspecified atom stereocenters. The molecule has 0 bridgehead atoms. The van der Waals surface area contributed by atoms with Crippen LogP contribution in [-0.4, -0.2) is 54.6 Å². The molecule has 4 rings (SSSR count). The Morgan fingerprint density at radius 1 is 1.21 bits per heavy atom. The molecule has 0 spiro atoms. The van der Waals surface area contributed by atoms with Gasteiger partial charge in [-0.1, -0.05) is 24.1 Å². The van der Waals surface area contributed by atoms with E-state index in [1.165, 1.54) is 49.5 Å². The SMILES string of the molecule is CN1Cc2cc(OCCCN3CCCCC3)ncc2C(c2ccc(F)c(Cl)c2)C1. The quantitative estimate of drug-likeness (QED) is 0.636. The van der Waals surface area contributed by atoms with Crippen molar-refractivity contribution >= 4 is 11.6 Å². The molecule has 156 valence electrons. The second-order valence-electron chi connectivity index (χ2n) is 8.25. The van der Waals surface area contributed by atoms with Crippen molar-refractivity contribution in [3.8, 4) is 5.88 Å². The highest BCUT2D eigenvalue weighted by molar-refractivity contribution is 6.30. The summed E-state index contributed by atoms with van der Waals surface area (Å²) in [6, 6.07) is 7.05. The highest BCUT2D eigenvalue weighted by Gasteiger charge is 2.26. The van der Waals surface area contributed by atoms with E-state index in [4.69, 9.17) is 16.3 Å². The van der Waals surface area contributed by atoms with Crippen LogP contribution < -0.4 is 4.74 Å². The summed E-state index contributed by atoms with van der Waals surface area (Å²) >= 11 is 6.02.